The van der Waals surface area contributed by atoms with E-state index in [0.29, 0.717) is 12.0 Å². The maximum Gasteiger partial charge on any atom is 0.326 e. The number of aliphatic carboxylic acids is 1. The molecule has 2 amide bonds. The number of likely N-dealkylation sites (tertiary alicyclic amines) is 1. The molecule has 0 aromatic carbocycles. The third-order valence-electron chi connectivity index (χ3n) is 5.14. The fourth-order valence-corrected chi connectivity index (χ4v) is 3.49. The van der Waals surface area contributed by atoms with E-state index in [0.717, 1.165) is 18.9 Å². The summed E-state index contributed by atoms with van der Waals surface area (Å²) in [7, 11) is 0. The molecule has 1 saturated heterocycles. The molecular formula is C14H22N2O3. The first kappa shape index (κ1) is 12.8. The number of carboxylic acids is 1. The topological polar surface area (TPSA) is 69.6 Å². The number of carboxylic acid groups (broad SMARTS) is 1. The largest absolute Gasteiger partial charge is 0.480 e. The van der Waals surface area contributed by atoms with Crippen LogP contribution in [0.1, 0.15) is 39.0 Å². The summed E-state index contributed by atoms with van der Waals surface area (Å²) >= 11 is 0. The van der Waals surface area contributed by atoms with Crippen LogP contribution in [0.15, 0.2) is 0 Å². The highest BCUT2D eigenvalue weighted by Gasteiger charge is 2.53. The quantitative estimate of drug-likeness (QED) is 0.813. The molecule has 5 nitrogen and oxygen atoms in total. The molecule has 2 atom stereocenters. The maximum absolute atomic E-state index is 12.2. The van der Waals surface area contributed by atoms with E-state index in [1.165, 1.54) is 30.6 Å². The number of carbonyl (C=O) groups excluding carboxylic acids is 1. The van der Waals surface area contributed by atoms with Crippen molar-refractivity contribution in [1.82, 2.24) is 10.2 Å². The van der Waals surface area contributed by atoms with Crippen LogP contribution in [0.25, 0.3) is 0 Å². The van der Waals surface area contributed by atoms with Gasteiger partial charge >= 0.3 is 12.0 Å². The van der Waals surface area contributed by atoms with Crippen molar-refractivity contribution in [1.29, 1.82) is 0 Å². The highest BCUT2D eigenvalue weighted by atomic mass is 16.4. The Morgan fingerprint density at radius 2 is 2.00 bits per heavy atom. The van der Waals surface area contributed by atoms with Gasteiger partial charge in [0.15, 0.2) is 0 Å². The summed E-state index contributed by atoms with van der Waals surface area (Å²) in [6.07, 6.45) is 5.81. The van der Waals surface area contributed by atoms with Gasteiger partial charge in [0.2, 0.25) is 0 Å². The van der Waals surface area contributed by atoms with Gasteiger partial charge < -0.3 is 15.3 Å². The lowest BCUT2D eigenvalue weighted by molar-refractivity contribution is -0.142. The zero-order chi connectivity index (χ0) is 13.6. The summed E-state index contributed by atoms with van der Waals surface area (Å²) in [5.41, 5.74) is 0.361. The van der Waals surface area contributed by atoms with Crippen LogP contribution < -0.4 is 5.32 Å². The lowest BCUT2D eigenvalue weighted by atomic mass is 10.0. The SMILES string of the molecule is CC1CCN(C(=O)NCC2(C3CC3)CC2)C1C(=O)O. The molecule has 0 radical (unpaired) electrons. The van der Waals surface area contributed by atoms with E-state index in [1.807, 2.05) is 6.92 Å². The highest BCUT2D eigenvalue weighted by molar-refractivity contribution is 5.83. The maximum atomic E-state index is 12.2. The first-order valence-corrected chi connectivity index (χ1v) is 7.31. The summed E-state index contributed by atoms with van der Waals surface area (Å²) in [5, 5.41) is 12.2. The number of urea groups is 1. The number of rotatable bonds is 4. The Morgan fingerprint density at radius 1 is 1.32 bits per heavy atom. The van der Waals surface area contributed by atoms with E-state index in [-0.39, 0.29) is 11.9 Å². The van der Waals surface area contributed by atoms with Crippen molar-refractivity contribution < 1.29 is 14.7 Å². The molecule has 0 bridgehead atoms. The predicted octanol–water partition coefficient (Wildman–Crippen LogP) is 1.68. The minimum absolute atomic E-state index is 0.0431. The highest BCUT2D eigenvalue weighted by Crippen LogP contribution is 2.60. The normalized spacial score (nSPS) is 32.2. The van der Waals surface area contributed by atoms with E-state index < -0.39 is 12.0 Å². The van der Waals surface area contributed by atoms with Gasteiger partial charge in [0.1, 0.15) is 6.04 Å². The van der Waals surface area contributed by atoms with Crippen molar-refractivity contribution in [3.05, 3.63) is 0 Å². The Kier molecular flexibility index (Phi) is 2.95. The summed E-state index contributed by atoms with van der Waals surface area (Å²) in [4.78, 5) is 24.9. The molecule has 3 fully saturated rings. The van der Waals surface area contributed by atoms with E-state index >= 15 is 0 Å². The molecule has 2 aliphatic carbocycles. The first-order valence-electron chi connectivity index (χ1n) is 7.31. The van der Waals surface area contributed by atoms with Crippen molar-refractivity contribution in [2.75, 3.05) is 13.1 Å². The van der Waals surface area contributed by atoms with E-state index in [4.69, 9.17) is 0 Å². The molecule has 0 aromatic rings. The third-order valence-corrected chi connectivity index (χ3v) is 5.14. The summed E-state index contributed by atoms with van der Waals surface area (Å²) in [6, 6.07) is -0.847. The van der Waals surface area contributed by atoms with Crippen LogP contribution in [-0.4, -0.2) is 41.1 Å². The Hall–Kier alpha value is -1.26. The van der Waals surface area contributed by atoms with Crippen LogP contribution in [0.3, 0.4) is 0 Å². The van der Waals surface area contributed by atoms with Crippen molar-refractivity contribution in [2.24, 2.45) is 17.3 Å². The third kappa shape index (κ3) is 2.30. The predicted molar refractivity (Wildman–Crippen MR) is 69.7 cm³/mol. The molecule has 3 aliphatic rings. The van der Waals surface area contributed by atoms with Gasteiger partial charge in [0.05, 0.1) is 0 Å². The minimum atomic E-state index is -0.886. The molecule has 2 N–H and O–H groups in total. The minimum Gasteiger partial charge on any atom is -0.480 e. The molecular weight excluding hydrogens is 244 g/mol. The van der Waals surface area contributed by atoms with Gasteiger partial charge in [-0.3, -0.25) is 0 Å². The van der Waals surface area contributed by atoms with Gasteiger partial charge in [0, 0.05) is 13.1 Å². The zero-order valence-corrected chi connectivity index (χ0v) is 11.4. The number of hydrogen-bond donors (Lipinski definition) is 2. The van der Waals surface area contributed by atoms with Gasteiger partial charge in [-0.1, -0.05) is 6.92 Å². The average Bonchev–Trinajstić information content (AvgIpc) is 3.23. The fourth-order valence-electron chi connectivity index (χ4n) is 3.49. The number of carbonyl (C=O) groups is 2. The molecule has 0 aromatic heterocycles. The molecule has 3 rings (SSSR count). The Morgan fingerprint density at radius 3 is 2.53 bits per heavy atom. The van der Waals surface area contributed by atoms with Crippen LogP contribution >= 0.6 is 0 Å². The van der Waals surface area contributed by atoms with E-state index in [2.05, 4.69) is 5.32 Å². The van der Waals surface area contributed by atoms with Gasteiger partial charge in [-0.2, -0.15) is 0 Å². The van der Waals surface area contributed by atoms with Crippen molar-refractivity contribution in [3.8, 4) is 0 Å². The van der Waals surface area contributed by atoms with Crippen LogP contribution in [0, 0.1) is 17.3 Å². The molecule has 5 heteroatoms. The number of hydrogen-bond acceptors (Lipinski definition) is 2. The van der Waals surface area contributed by atoms with Gasteiger partial charge in [0.25, 0.3) is 0 Å². The van der Waals surface area contributed by atoms with Crippen LogP contribution in [0.5, 0.6) is 0 Å². The summed E-state index contributed by atoms with van der Waals surface area (Å²) < 4.78 is 0. The van der Waals surface area contributed by atoms with Crippen molar-refractivity contribution in [3.63, 3.8) is 0 Å². The lowest BCUT2D eigenvalue weighted by Gasteiger charge is -2.25. The second-order valence-corrected chi connectivity index (χ2v) is 6.54. The lowest BCUT2D eigenvalue weighted by Crippen LogP contribution is -2.48. The zero-order valence-electron chi connectivity index (χ0n) is 11.4. The van der Waals surface area contributed by atoms with Crippen LogP contribution in [0.4, 0.5) is 4.79 Å². The fraction of sp³-hybridized carbons (Fsp3) is 0.857. The second-order valence-electron chi connectivity index (χ2n) is 6.54. The Balaban J connectivity index is 1.56. The second kappa shape index (κ2) is 4.39. The van der Waals surface area contributed by atoms with Gasteiger partial charge in [-0.15, -0.1) is 0 Å². The van der Waals surface area contributed by atoms with Gasteiger partial charge in [-0.25, -0.2) is 9.59 Å². The number of amides is 2. The van der Waals surface area contributed by atoms with E-state index in [1.54, 1.807) is 0 Å². The molecule has 0 spiro atoms. The smallest absolute Gasteiger partial charge is 0.326 e. The Bertz CT molecular complexity index is 401. The number of nitrogens with one attached hydrogen (secondary N) is 1. The summed E-state index contributed by atoms with van der Waals surface area (Å²) in [6.45, 7) is 3.19. The molecule has 1 aliphatic heterocycles. The standard InChI is InChI=1S/C14H22N2O3/c1-9-4-7-16(11(9)12(17)18)13(19)15-8-14(5-6-14)10-2-3-10/h9-11H,2-8H2,1H3,(H,15,19)(H,17,18). The number of nitrogens with zero attached hydrogens (tertiary/aromatic N) is 1. The molecule has 2 saturated carbocycles. The summed E-state index contributed by atoms with van der Waals surface area (Å²) in [5.74, 6) is -0.0365. The Labute approximate surface area is 113 Å². The van der Waals surface area contributed by atoms with Crippen molar-refractivity contribution in [2.45, 2.75) is 45.1 Å². The first-order chi connectivity index (χ1) is 9.03. The average molecular weight is 266 g/mol. The van der Waals surface area contributed by atoms with Gasteiger partial charge in [-0.05, 0) is 49.4 Å². The monoisotopic (exact) mass is 266 g/mol. The molecule has 1 heterocycles. The van der Waals surface area contributed by atoms with Crippen LogP contribution in [-0.2, 0) is 4.79 Å². The van der Waals surface area contributed by atoms with Crippen LogP contribution in [0.2, 0.25) is 0 Å². The van der Waals surface area contributed by atoms with E-state index in [9.17, 15) is 14.7 Å². The molecule has 106 valence electrons. The van der Waals surface area contributed by atoms with Crippen molar-refractivity contribution >= 4 is 12.0 Å². The molecule has 2 unspecified atom stereocenters. The molecule has 19 heavy (non-hydrogen) atoms.